The van der Waals surface area contributed by atoms with Crippen molar-refractivity contribution in [2.75, 3.05) is 33.5 Å². The van der Waals surface area contributed by atoms with Gasteiger partial charge in [0.1, 0.15) is 11.5 Å². The number of rotatable bonds is 8. The third-order valence-corrected chi connectivity index (χ3v) is 4.14. The van der Waals surface area contributed by atoms with Gasteiger partial charge in [-0.3, -0.25) is 4.79 Å². The molecule has 0 atom stereocenters. The number of nitrogen functional groups attached to an aromatic ring is 1. The Morgan fingerprint density at radius 1 is 1.28 bits per heavy atom. The van der Waals surface area contributed by atoms with Crippen LogP contribution < -0.4 is 31.6 Å². The van der Waals surface area contributed by atoms with Crippen LogP contribution in [0.25, 0.3) is 16.8 Å². The fourth-order valence-electron chi connectivity index (χ4n) is 2.71. The molecule has 1 aromatic heterocycles. The molecule has 29 heavy (non-hydrogen) atoms. The molecule has 1 heterocycles. The number of methoxy groups -OCH3 is 2. The number of carbonyl (C=O) groups excluding carboxylic acids is 1. The Hall–Kier alpha value is -3.56. The minimum Gasteiger partial charge on any atom is -0.480 e. The summed E-state index contributed by atoms with van der Waals surface area (Å²) < 4.78 is 24.9. The van der Waals surface area contributed by atoms with Crippen molar-refractivity contribution in [1.82, 2.24) is 20.6 Å². The van der Waals surface area contributed by atoms with Crippen molar-refractivity contribution in [2.45, 2.75) is 13.3 Å². The lowest BCUT2D eigenvalue weighted by molar-refractivity contribution is -0.117. The predicted octanol–water partition coefficient (Wildman–Crippen LogP) is 1.26. The average molecular weight is 404 g/mol. The SMILES string of the molecule is CCCNC(=O)/C(NC)=C(\N)c1ccc(F)c(-c2cnc(OC)nc2OC)c1N. The molecule has 2 rings (SSSR count). The number of aromatic nitrogens is 2. The second-order valence-electron chi connectivity index (χ2n) is 5.96. The van der Waals surface area contributed by atoms with Crippen molar-refractivity contribution in [1.29, 1.82) is 0 Å². The minimum absolute atomic E-state index is 0.00868. The van der Waals surface area contributed by atoms with E-state index in [1.165, 1.54) is 32.5 Å². The lowest BCUT2D eigenvalue weighted by Gasteiger charge is -2.17. The summed E-state index contributed by atoms with van der Waals surface area (Å²) in [6, 6.07) is 2.67. The van der Waals surface area contributed by atoms with Crippen LogP contribution in [-0.2, 0) is 4.79 Å². The molecule has 0 aliphatic carbocycles. The Morgan fingerprint density at radius 2 is 2.00 bits per heavy atom. The van der Waals surface area contributed by atoms with Crippen LogP contribution in [0.2, 0.25) is 0 Å². The molecule has 6 N–H and O–H groups in total. The number of ether oxygens (including phenoxy) is 2. The van der Waals surface area contributed by atoms with E-state index in [4.69, 9.17) is 20.9 Å². The van der Waals surface area contributed by atoms with Gasteiger partial charge in [0.15, 0.2) is 0 Å². The number of hydrogen-bond donors (Lipinski definition) is 4. The molecule has 1 aromatic carbocycles. The first kappa shape index (κ1) is 21.7. The average Bonchev–Trinajstić information content (AvgIpc) is 2.72. The van der Waals surface area contributed by atoms with Crippen LogP contribution in [0.5, 0.6) is 11.9 Å². The van der Waals surface area contributed by atoms with E-state index >= 15 is 0 Å². The van der Waals surface area contributed by atoms with E-state index in [1.807, 2.05) is 6.92 Å². The summed E-state index contributed by atoms with van der Waals surface area (Å²) >= 11 is 0. The first-order chi connectivity index (χ1) is 13.9. The molecule has 10 heteroatoms. The number of carbonyl (C=O) groups is 1. The molecule has 0 unspecified atom stereocenters. The van der Waals surface area contributed by atoms with Crippen molar-refractivity contribution in [3.63, 3.8) is 0 Å². The van der Waals surface area contributed by atoms with Crippen LogP contribution in [0, 0.1) is 5.82 Å². The standard InChI is InChI=1S/C19H25FN6O3/c1-5-8-24-17(27)16(23-2)15(22)10-6-7-12(20)13(14(10)21)11-9-25-19(29-4)26-18(11)28-3/h6-7,9,23H,5,8,21-22H2,1-4H3,(H,24,27)/b16-15+. The highest BCUT2D eigenvalue weighted by atomic mass is 19.1. The van der Waals surface area contributed by atoms with E-state index in [9.17, 15) is 9.18 Å². The van der Waals surface area contributed by atoms with Crippen LogP contribution in [-0.4, -0.2) is 43.7 Å². The fraction of sp³-hybridized carbons (Fsp3) is 0.316. The highest BCUT2D eigenvalue weighted by Gasteiger charge is 2.22. The van der Waals surface area contributed by atoms with Crippen molar-refractivity contribution in [3.8, 4) is 23.0 Å². The van der Waals surface area contributed by atoms with Gasteiger partial charge in [-0.05, 0) is 18.6 Å². The van der Waals surface area contributed by atoms with Gasteiger partial charge < -0.3 is 31.6 Å². The van der Waals surface area contributed by atoms with Gasteiger partial charge in [0.25, 0.3) is 5.91 Å². The summed E-state index contributed by atoms with van der Waals surface area (Å²) in [6.07, 6.45) is 2.11. The van der Waals surface area contributed by atoms with Crippen LogP contribution in [0.4, 0.5) is 10.1 Å². The quantitative estimate of drug-likeness (QED) is 0.381. The van der Waals surface area contributed by atoms with Gasteiger partial charge in [0, 0.05) is 30.9 Å². The van der Waals surface area contributed by atoms with Gasteiger partial charge >= 0.3 is 6.01 Å². The second kappa shape index (κ2) is 9.58. The zero-order chi connectivity index (χ0) is 21.6. The summed E-state index contributed by atoms with van der Waals surface area (Å²) in [5.74, 6) is -0.924. The van der Waals surface area contributed by atoms with Crippen LogP contribution in [0.1, 0.15) is 18.9 Å². The van der Waals surface area contributed by atoms with Crippen molar-refractivity contribution >= 4 is 17.3 Å². The number of nitrogens with one attached hydrogen (secondary N) is 2. The van der Waals surface area contributed by atoms with Gasteiger partial charge in [0.05, 0.1) is 31.2 Å². The van der Waals surface area contributed by atoms with Crippen LogP contribution in [0.3, 0.4) is 0 Å². The minimum atomic E-state index is -0.618. The molecule has 0 saturated carbocycles. The predicted molar refractivity (Wildman–Crippen MR) is 108 cm³/mol. The normalized spacial score (nSPS) is 11.5. The largest absolute Gasteiger partial charge is 0.480 e. The Kier molecular flexibility index (Phi) is 7.18. The maximum Gasteiger partial charge on any atom is 0.319 e. The van der Waals surface area contributed by atoms with Crippen molar-refractivity contribution < 1.29 is 18.7 Å². The monoisotopic (exact) mass is 404 g/mol. The van der Waals surface area contributed by atoms with Crippen molar-refractivity contribution in [3.05, 3.63) is 35.4 Å². The maximum atomic E-state index is 14.7. The fourth-order valence-corrected chi connectivity index (χ4v) is 2.71. The molecule has 9 nitrogen and oxygen atoms in total. The summed E-state index contributed by atoms with van der Waals surface area (Å²) in [5.41, 5.74) is 13.2. The molecule has 0 radical (unpaired) electrons. The van der Waals surface area contributed by atoms with Gasteiger partial charge in [-0.1, -0.05) is 6.92 Å². The van der Waals surface area contributed by atoms with E-state index in [-0.39, 0.29) is 51.6 Å². The molecule has 0 fully saturated rings. The highest BCUT2D eigenvalue weighted by molar-refractivity contribution is 6.02. The summed E-state index contributed by atoms with van der Waals surface area (Å²) in [4.78, 5) is 20.4. The van der Waals surface area contributed by atoms with E-state index in [0.717, 1.165) is 6.42 Å². The third kappa shape index (κ3) is 4.48. The summed E-state index contributed by atoms with van der Waals surface area (Å²) in [7, 11) is 4.35. The number of likely N-dealkylation sites (N-methyl/N-ethyl adjacent to an activating group) is 1. The molecular formula is C19H25FN6O3. The van der Waals surface area contributed by atoms with Crippen molar-refractivity contribution in [2.24, 2.45) is 5.73 Å². The molecule has 0 saturated heterocycles. The Labute approximate surface area is 168 Å². The zero-order valence-electron chi connectivity index (χ0n) is 16.8. The van der Waals surface area contributed by atoms with Gasteiger partial charge in [-0.25, -0.2) is 9.37 Å². The summed E-state index contributed by atoms with van der Waals surface area (Å²) in [5, 5.41) is 5.51. The number of nitrogens with two attached hydrogens (primary N) is 2. The smallest absolute Gasteiger partial charge is 0.319 e. The zero-order valence-corrected chi connectivity index (χ0v) is 16.8. The van der Waals surface area contributed by atoms with Gasteiger partial charge in [-0.15, -0.1) is 0 Å². The van der Waals surface area contributed by atoms with Gasteiger partial charge in [0.2, 0.25) is 5.88 Å². The Morgan fingerprint density at radius 3 is 2.59 bits per heavy atom. The molecule has 156 valence electrons. The van der Waals surface area contributed by atoms with E-state index in [0.29, 0.717) is 6.54 Å². The molecule has 1 amide bonds. The number of nitrogens with zero attached hydrogens (tertiary/aromatic N) is 2. The number of hydrogen-bond acceptors (Lipinski definition) is 8. The summed E-state index contributed by atoms with van der Waals surface area (Å²) in [6.45, 7) is 2.42. The topological polar surface area (TPSA) is 137 Å². The Balaban J connectivity index is 2.65. The lowest BCUT2D eigenvalue weighted by Crippen LogP contribution is -2.33. The number of amides is 1. The number of benzene rings is 1. The van der Waals surface area contributed by atoms with Crippen LogP contribution >= 0.6 is 0 Å². The second-order valence-corrected chi connectivity index (χ2v) is 5.96. The molecule has 0 aliphatic rings. The number of halogens is 1. The molecule has 0 spiro atoms. The third-order valence-electron chi connectivity index (χ3n) is 4.14. The highest BCUT2D eigenvalue weighted by Crippen LogP contribution is 2.38. The van der Waals surface area contributed by atoms with E-state index < -0.39 is 5.82 Å². The van der Waals surface area contributed by atoms with Gasteiger partial charge in [-0.2, -0.15) is 4.98 Å². The lowest BCUT2D eigenvalue weighted by atomic mass is 9.98. The first-order valence-electron chi connectivity index (χ1n) is 8.88. The number of anilines is 1. The first-order valence-corrected chi connectivity index (χ1v) is 8.88. The van der Waals surface area contributed by atoms with Crippen LogP contribution in [0.15, 0.2) is 24.0 Å². The maximum absolute atomic E-state index is 14.7. The molecule has 2 aromatic rings. The molecule has 0 bridgehead atoms. The van der Waals surface area contributed by atoms with E-state index in [1.54, 1.807) is 7.05 Å². The Bertz CT molecular complexity index is 932. The molecular weight excluding hydrogens is 379 g/mol. The molecule has 0 aliphatic heterocycles. The van der Waals surface area contributed by atoms with E-state index in [2.05, 4.69) is 20.6 Å².